The van der Waals surface area contributed by atoms with Crippen molar-refractivity contribution < 1.29 is 9.59 Å². The summed E-state index contributed by atoms with van der Waals surface area (Å²) in [5, 5.41) is 3.04. The maximum Gasteiger partial charge on any atom is 0.243 e. The number of carbonyl (C=O) groups is 2. The van der Waals surface area contributed by atoms with E-state index in [2.05, 4.69) is 52.4 Å². The van der Waals surface area contributed by atoms with E-state index in [4.69, 9.17) is 0 Å². The average molecular weight is 536 g/mol. The van der Waals surface area contributed by atoms with Gasteiger partial charge in [-0.2, -0.15) is 0 Å². The van der Waals surface area contributed by atoms with Crippen LogP contribution >= 0.6 is 15.9 Å². The van der Waals surface area contributed by atoms with Crippen LogP contribution in [0.2, 0.25) is 0 Å². The zero-order valence-corrected chi connectivity index (χ0v) is 22.4. The van der Waals surface area contributed by atoms with Crippen molar-refractivity contribution in [3.8, 4) is 0 Å². The maximum absolute atomic E-state index is 13.7. The molecule has 0 saturated carbocycles. The van der Waals surface area contributed by atoms with Gasteiger partial charge in [0, 0.05) is 29.9 Å². The first-order chi connectivity index (χ1) is 16.9. The molecule has 0 spiro atoms. The Hall–Kier alpha value is -2.92. The molecule has 3 rings (SSSR count). The van der Waals surface area contributed by atoms with Crippen LogP contribution in [0.25, 0.3) is 0 Å². The number of nitrogens with one attached hydrogen (secondary N) is 1. The van der Waals surface area contributed by atoms with Crippen LogP contribution in [0, 0.1) is 0 Å². The number of amides is 2. The Bertz CT molecular complexity index is 1080. The van der Waals surface area contributed by atoms with Crippen molar-refractivity contribution in [1.82, 2.24) is 10.2 Å². The van der Waals surface area contributed by atoms with E-state index < -0.39 is 6.04 Å². The molecule has 1 unspecified atom stereocenters. The minimum atomic E-state index is -0.599. The highest BCUT2D eigenvalue weighted by molar-refractivity contribution is 9.10. The third kappa shape index (κ3) is 8.36. The average Bonchev–Trinajstić information content (AvgIpc) is 2.86. The Morgan fingerprint density at radius 1 is 0.829 bits per heavy atom. The molecule has 1 N–H and O–H groups in total. The molecular weight excluding hydrogens is 500 g/mol. The molecule has 0 aliphatic heterocycles. The number of benzene rings is 3. The van der Waals surface area contributed by atoms with Crippen molar-refractivity contribution >= 4 is 27.7 Å². The summed E-state index contributed by atoms with van der Waals surface area (Å²) in [6.45, 7) is 6.40. The van der Waals surface area contributed by atoms with E-state index in [-0.39, 0.29) is 17.9 Å². The van der Waals surface area contributed by atoms with Gasteiger partial charge in [-0.1, -0.05) is 89.6 Å². The third-order valence-electron chi connectivity index (χ3n) is 6.03. The van der Waals surface area contributed by atoms with Gasteiger partial charge in [0.2, 0.25) is 11.8 Å². The molecule has 0 aromatic heterocycles. The maximum atomic E-state index is 13.7. The monoisotopic (exact) mass is 534 g/mol. The molecule has 0 radical (unpaired) electrons. The van der Waals surface area contributed by atoms with E-state index in [9.17, 15) is 9.59 Å². The van der Waals surface area contributed by atoms with E-state index in [1.807, 2.05) is 68.4 Å². The van der Waals surface area contributed by atoms with Crippen molar-refractivity contribution in [2.75, 3.05) is 0 Å². The second-order valence-corrected chi connectivity index (χ2v) is 10.1. The van der Waals surface area contributed by atoms with Gasteiger partial charge in [-0.3, -0.25) is 9.59 Å². The lowest BCUT2D eigenvalue weighted by atomic mass is 10.0. The second kappa shape index (κ2) is 13.2. The number of nitrogens with zero attached hydrogens (tertiary/aromatic N) is 1. The van der Waals surface area contributed by atoms with Crippen molar-refractivity contribution in [3.05, 3.63) is 106 Å². The quantitative estimate of drug-likeness (QED) is 0.322. The minimum Gasteiger partial charge on any atom is -0.352 e. The van der Waals surface area contributed by atoms with Gasteiger partial charge in [-0.15, -0.1) is 0 Å². The number of halogens is 1. The Balaban J connectivity index is 1.87. The van der Waals surface area contributed by atoms with Crippen LogP contribution in [0.3, 0.4) is 0 Å². The largest absolute Gasteiger partial charge is 0.352 e. The molecule has 0 aliphatic rings. The van der Waals surface area contributed by atoms with Gasteiger partial charge in [-0.25, -0.2) is 0 Å². The summed E-state index contributed by atoms with van der Waals surface area (Å²) in [7, 11) is 0. The second-order valence-electron chi connectivity index (χ2n) is 9.19. The molecule has 35 heavy (non-hydrogen) atoms. The van der Waals surface area contributed by atoms with E-state index in [0.717, 1.165) is 27.6 Å². The SMILES string of the molecule is CCc1ccc(CCC(=O)N(Cc2ccc(Br)cc2)C(Cc2ccccc2)C(=O)NC(C)C)cc1. The molecule has 0 saturated heterocycles. The lowest BCUT2D eigenvalue weighted by Gasteiger charge is -2.32. The zero-order chi connectivity index (χ0) is 25.2. The highest BCUT2D eigenvalue weighted by Gasteiger charge is 2.30. The predicted molar refractivity (Wildman–Crippen MR) is 146 cm³/mol. The van der Waals surface area contributed by atoms with Gasteiger partial charge in [0.25, 0.3) is 0 Å². The molecule has 0 fully saturated rings. The van der Waals surface area contributed by atoms with Gasteiger partial charge < -0.3 is 10.2 Å². The summed E-state index contributed by atoms with van der Waals surface area (Å²) in [5.74, 6) is -0.145. The molecule has 2 amide bonds. The predicted octanol–water partition coefficient (Wildman–Crippen LogP) is 6.11. The van der Waals surface area contributed by atoms with Gasteiger partial charge in [0.1, 0.15) is 6.04 Å². The number of rotatable bonds is 11. The number of hydrogen-bond acceptors (Lipinski definition) is 2. The third-order valence-corrected chi connectivity index (χ3v) is 6.56. The van der Waals surface area contributed by atoms with Crippen molar-refractivity contribution in [2.24, 2.45) is 0 Å². The fourth-order valence-corrected chi connectivity index (χ4v) is 4.32. The number of aryl methyl sites for hydroxylation is 2. The molecule has 184 valence electrons. The summed E-state index contributed by atoms with van der Waals surface area (Å²) in [6.07, 6.45) is 2.45. The fourth-order valence-electron chi connectivity index (χ4n) is 4.06. The molecule has 4 nitrogen and oxygen atoms in total. The van der Waals surface area contributed by atoms with Crippen LogP contribution < -0.4 is 5.32 Å². The highest BCUT2D eigenvalue weighted by Crippen LogP contribution is 2.19. The van der Waals surface area contributed by atoms with Crippen molar-refractivity contribution in [3.63, 3.8) is 0 Å². The summed E-state index contributed by atoms with van der Waals surface area (Å²) in [6, 6.07) is 25.6. The highest BCUT2D eigenvalue weighted by atomic mass is 79.9. The topological polar surface area (TPSA) is 49.4 Å². The lowest BCUT2D eigenvalue weighted by molar-refractivity contribution is -0.141. The summed E-state index contributed by atoms with van der Waals surface area (Å²) >= 11 is 3.48. The Labute approximate surface area is 217 Å². The normalized spacial score (nSPS) is 11.8. The Morgan fingerprint density at radius 2 is 1.43 bits per heavy atom. The number of hydrogen-bond donors (Lipinski definition) is 1. The van der Waals surface area contributed by atoms with Crippen LogP contribution in [0.5, 0.6) is 0 Å². The van der Waals surface area contributed by atoms with Crippen LogP contribution in [0.4, 0.5) is 0 Å². The summed E-state index contributed by atoms with van der Waals surface area (Å²) < 4.78 is 0.980. The molecule has 3 aromatic carbocycles. The van der Waals surface area contributed by atoms with Gasteiger partial charge in [-0.05, 0) is 61.1 Å². The fraction of sp³-hybridized carbons (Fsp3) is 0.333. The van der Waals surface area contributed by atoms with Crippen LogP contribution in [0.15, 0.2) is 83.3 Å². The Kier molecular flexibility index (Phi) is 10.1. The summed E-state index contributed by atoms with van der Waals surface area (Å²) in [4.78, 5) is 28.8. The van der Waals surface area contributed by atoms with Crippen LogP contribution in [0.1, 0.15) is 49.4 Å². The van der Waals surface area contributed by atoms with Crippen molar-refractivity contribution in [2.45, 2.75) is 65.1 Å². The van der Waals surface area contributed by atoms with Gasteiger partial charge in [0.15, 0.2) is 0 Å². The van der Waals surface area contributed by atoms with Gasteiger partial charge in [0.05, 0.1) is 0 Å². The first-order valence-electron chi connectivity index (χ1n) is 12.3. The molecule has 3 aromatic rings. The van der Waals surface area contributed by atoms with Crippen LogP contribution in [-0.2, 0) is 35.4 Å². The van der Waals surface area contributed by atoms with Crippen LogP contribution in [-0.4, -0.2) is 28.8 Å². The Morgan fingerprint density at radius 3 is 2.03 bits per heavy atom. The smallest absolute Gasteiger partial charge is 0.243 e. The molecule has 5 heteroatoms. The van der Waals surface area contributed by atoms with Crippen molar-refractivity contribution in [1.29, 1.82) is 0 Å². The molecular formula is C30H35BrN2O2. The van der Waals surface area contributed by atoms with Gasteiger partial charge >= 0.3 is 0 Å². The van der Waals surface area contributed by atoms with E-state index >= 15 is 0 Å². The molecule has 0 aliphatic carbocycles. The summed E-state index contributed by atoms with van der Waals surface area (Å²) in [5.41, 5.74) is 4.43. The first-order valence-corrected chi connectivity index (χ1v) is 13.1. The standard InChI is InChI=1S/C30H35BrN2O2/c1-4-23-10-12-24(13-11-23)16-19-29(34)33(21-26-14-17-27(31)18-15-26)28(30(35)32-22(2)3)20-25-8-6-5-7-9-25/h5-15,17-18,22,28H,4,16,19-21H2,1-3H3,(H,32,35). The molecule has 0 heterocycles. The lowest BCUT2D eigenvalue weighted by Crippen LogP contribution is -2.51. The zero-order valence-electron chi connectivity index (χ0n) is 20.8. The van der Waals surface area contributed by atoms with E-state index in [0.29, 0.717) is 25.8 Å². The molecule has 1 atom stereocenters. The number of carbonyl (C=O) groups excluding carboxylic acids is 2. The van der Waals surface area contributed by atoms with E-state index in [1.54, 1.807) is 4.90 Å². The molecule has 0 bridgehead atoms. The first kappa shape index (κ1) is 26.7. The minimum absolute atomic E-state index is 0.0116. The van der Waals surface area contributed by atoms with E-state index in [1.165, 1.54) is 5.56 Å².